The lowest BCUT2D eigenvalue weighted by atomic mass is 10.1. The van der Waals surface area contributed by atoms with Crippen LogP contribution in [0.4, 0.5) is 4.39 Å². The summed E-state index contributed by atoms with van der Waals surface area (Å²) in [6.45, 7) is 0. The van der Waals surface area contributed by atoms with Crippen molar-refractivity contribution >= 4 is 17.5 Å². The number of hydrogen-bond donors (Lipinski definition) is 0. The van der Waals surface area contributed by atoms with E-state index in [-0.39, 0.29) is 11.5 Å². The molecule has 0 unspecified atom stereocenters. The normalized spacial score (nSPS) is 10.3. The summed E-state index contributed by atoms with van der Waals surface area (Å²) in [6.07, 6.45) is 0. The van der Waals surface area contributed by atoms with Gasteiger partial charge in [0.25, 0.3) is 0 Å². The van der Waals surface area contributed by atoms with Gasteiger partial charge in [-0.15, -0.1) is 0 Å². The third kappa shape index (κ3) is 4.73. The Bertz CT molecular complexity index is 1080. The molecule has 1 heterocycles. The highest BCUT2D eigenvalue weighted by Crippen LogP contribution is 2.33. The summed E-state index contributed by atoms with van der Waals surface area (Å²) < 4.78 is 23.6. The van der Waals surface area contributed by atoms with E-state index in [4.69, 9.17) is 9.47 Å². The van der Waals surface area contributed by atoms with E-state index >= 15 is 0 Å². The van der Waals surface area contributed by atoms with Crippen LogP contribution in [0.25, 0.3) is 11.3 Å². The van der Waals surface area contributed by atoms with Crippen LogP contribution >= 0.6 is 11.8 Å². The minimum atomic E-state index is -0.398. The smallest absolute Gasteiger partial charge is 0.173 e. The monoisotopic (exact) mass is 408 g/mol. The zero-order valence-corrected chi connectivity index (χ0v) is 16.6. The minimum absolute atomic E-state index is 0.0860. The molecule has 5 nitrogen and oxygen atoms in total. The molecule has 29 heavy (non-hydrogen) atoms. The molecule has 0 saturated carbocycles. The van der Waals surface area contributed by atoms with Crippen LogP contribution in [0.2, 0.25) is 0 Å². The zero-order valence-electron chi connectivity index (χ0n) is 15.8. The van der Waals surface area contributed by atoms with Gasteiger partial charge in [0.15, 0.2) is 17.3 Å². The summed E-state index contributed by atoms with van der Waals surface area (Å²) >= 11 is 1.17. The molecule has 0 aliphatic carbocycles. The van der Waals surface area contributed by atoms with Gasteiger partial charge in [-0.05, 0) is 54.6 Å². The zero-order chi connectivity index (χ0) is 20.8. The third-order valence-corrected chi connectivity index (χ3v) is 5.16. The summed E-state index contributed by atoms with van der Waals surface area (Å²) in [5, 5.41) is 9.83. The summed E-state index contributed by atoms with van der Waals surface area (Å²) in [4.78, 5) is 16.9. The Morgan fingerprint density at radius 2 is 1.79 bits per heavy atom. The first-order valence-electron chi connectivity index (χ1n) is 8.61. The molecule has 146 valence electrons. The van der Waals surface area contributed by atoms with Crippen LogP contribution in [0.3, 0.4) is 0 Å². The molecule has 0 saturated heterocycles. The van der Waals surface area contributed by atoms with E-state index in [0.717, 1.165) is 5.56 Å². The van der Waals surface area contributed by atoms with Crippen LogP contribution in [0.15, 0.2) is 59.6 Å². The Hall–Kier alpha value is -3.37. The highest BCUT2D eigenvalue weighted by Gasteiger charge is 2.13. The van der Waals surface area contributed by atoms with Gasteiger partial charge in [-0.25, -0.2) is 9.37 Å². The average molecular weight is 408 g/mol. The number of ketones is 1. The van der Waals surface area contributed by atoms with Gasteiger partial charge >= 0.3 is 0 Å². The van der Waals surface area contributed by atoms with E-state index in [0.29, 0.717) is 33.3 Å². The lowest BCUT2D eigenvalue weighted by Gasteiger charge is -2.10. The molecule has 1 aromatic heterocycles. The fraction of sp³-hybridized carbons (Fsp3) is 0.136. The van der Waals surface area contributed by atoms with E-state index in [1.807, 2.05) is 6.07 Å². The van der Waals surface area contributed by atoms with Crippen molar-refractivity contribution in [2.24, 2.45) is 0 Å². The maximum Gasteiger partial charge on any atom is 0.173 e. The number of thioether (sulfide) groups is 1. The predicted octanol–water partition coefficient (Wildman–Crippen LogP) is 4.75. The predicted molar refractivity (Wildman–Crippen MR) is 109 cm³/mol. The van der Waals surface area contributed by atoms with Gasteiger partial charge in [0.1, 0.15) is 16.9 Å². The van der Waals surface area contributed by atoms with E-state index in [1.54, 1.807) is 38.5 Å². The van der Waals surface area contributed by atoms with E-state index < -0.39 is 5.82 Å². The second-order valence-corrected chi connectivity index (χ2v) is 6.91. The molecule has 7 heteroatoms. The molecule has 0 spiro atoms. The second kappa shape index (κ2) is 9.22. The van der Waals surface area contributed by atoms with Crippen LogP contribution in [0, 0.1) is 17.1 Å². The van der Waals surface area contributed by atoms with Crippen LogP contribution in [0.1, 0.15) is 15.9 Å². The molecule has 0 radical (unpaired) electrons. The van der Waals surface area contributed by atoms with Crippen molar-refractivity contribution < 1.29 is 18.7 Å². The number of pyridine rings is 1. The Balaban J connectivity index is 1.85. The van der Waals surface area contributed by atoms with Crippen molar-refractivity contribution in [3.05, 3.63) is 71.5 Å². The first-order chi connectivity index (χ1) is 14.0. The molecule has 3 rings (SSSR count). The summed E-state index contributed by atoms with van der Waals surface area (Å²) in [5.41, 5.74) is 2.22. The average Bonchev–Trinajstić information content (AvgIpc) is 2.77. The molecule has 0 fully saturated rings. The number of hydrogen-bond acceptors (Lipinski definition) is 6. The number of carbonyl (C=O) groups is 1. The molecule has 0 bridgehead atoms. The molecule has 2 aromatic carbocycles. The van der Waals surface area contributed by atoms with E-state index in [9.17, 15) is 14.4 Å². The fourth-order valence-corrected chi connectivity index (χ4v) is 3.51. The van der Waals surface area contributed by atoms with Crippen LogP contribution in [-0.2, 0) is 0 Å². The van der Waals surface area contributed by atoms with E-state index in [1.165, 1.54) is 36.0 Å². The number of nitriles is 1. The number of Topliss-reactive ketones (excluding diaryl/α,β-unsaturated/α-hetero) is 1. The van der Waals surface area contributed by atoms with Gasteiger partial charge in [0.05, 0.1) is 31.2 Å². The Labute approximate surface area is 172 Å². The Morgan fingerprint density at radius 1 is 1.07 bits per heavy atom. The lowest BCUT2D eigenvalue weighted by Crippen LogP contribution is -2.03. The Kier molecular flexibility index (Phi) is 6.47. The number of rotatable bonds is 7. The first-order valence-corrected chi connectivity index (χ1v) is 9.59. The Morgan fingerprint density at radius 3 is 2.45 bits per heavy atom. The molecule has 0 amide bonds. The van der Waals surface area contributed by atoms with Gasteiger partial charge in [-0.2, -0.15) is 5.26 Å². The van der Waals surface area contributed by atoms with Gasteiger partial charge in [0, 0.05) is 11.1 Å². The maximum absolute atomic E-state index is 13.0. The number of carbonyl (C=O) groups excluding carboxylic acids is 1. The number of nitrogens with zero attached hydrogens (tertiary/aromatic N) is 2. The highest BCUT2D eigenvalue weighted by molar-refractivity contribution is 8.00. The van der Waals surface area contributed by atoms with Gasteiger partial charge in [0.2, 0.25) is 0 Å². The lowest BCUT2D eigenvalue weighted by molar-refractivity contribution is 0.102. The van der Waals surface area contributed by atoms with Gasteiger partial charge in [-0.1, -0.05) is 11.8 Å². The van der Waals surface area contributed by atoms with Gasteiger partial charge in [-0.3, -0.25) is 4.79 Å². The van der Waals surface area contributed by atoms with Crippen LogP contribution < -0.4 is 9.47 Å². The number of ether oxygens (including phenoxy) is 2. The fourth-order valence-electron chi connectivity index (χ4n) is 2.64. The van der Waals surface area contributed by atoms with Crippen molar-refractivity contribution in [3.8, 4) is 28.8 Å². The summed E-state index contributed by atoms with van der Waals surface area (Å²) in [6, 6.07) is 16.3. The van der Waals surface area contributed by atoms with Crippen molar-refractivity contribution in [1.82, 2.24) is 4.98 Å². The topological polar surface area (TPSA) is 72.2 Å². The molecule has 0 aliphatic heterocycles. The maximum atomic E-state index is 13.0. The minimum Gasteiger partial charge on any atom is -0.493 e. The van der Waals surface area contributed by atoms with Crippen LogP contribution in [0.5, 0.6) is 11.5 Å². The number of halogens is 1. The molecule has 0 atom stereocenters. The number of aromatic nitrogens is 1. The molecule has 3 aromatic rings. The number of benzene rings is 2. The standard InChI is InChI=1S/C22H17FN2O3S/c1-27-20-10-6-15(11-21(20)28-2)18-9-5-16(12-24)22(25-18)29-13-19(26)14-3-7-17(23)8-4-14/h3-11H,13H2,1-2H3. The van der Waals surface area contributed by atoms with Crippen LogP contribution in [-0.4, -0.2) is 30.7 Å². The first kappa shape index (κ1) is 20.4. The van der Waals surface area contributed by atoms with Crippen molar-refractivity contribution in [2.45, 2.75) is 5.03 Å². The SMILES string of the molecule is COc1ccc(-c2ccc(C#N)c(SCC(=O)c3ccc(F)cc3)n2)cc1OC. The van der Waals surface area contributed by atoms with Crippen molar-refractivity contribution in [3.63, 3.8) is 0 Å². The highest BCUT2D eigenvalue weighted by atomic mass is 32.2. The van der Waals surface area contributed by atoms with Crippen molar-refractivity contribution in [1.29, 1.82) is 5.26 Å². The molecule has 0 N–H and O–H groups in total. The summed E-state index contributed by atoms with van der Waals surface area (Å²) in [5.74, 6) is 0.687. The van der Waals surface area contributed by atoms with Crippen molar-refractivity contribution in [2.75, 3.05) is 20.0 Å². The molecular weight excluding hydrogens is 391 g/mol. The third-order valence-electron chi connectivity index (χ3n) is 4.17. The van der Waals surface area contributed by atoms with E-state index in [2.05, 4.69) is 11.1 Å². The molecular formula is C22H17FN2O3S. The molecule has 0 aliphatic rings. The quantitative estimate of drug-likeness (QED) is 0.415. The second-order valence-electron chi connectivity index (χ2n) is 5.95. The number of methoxy groups -OCH3 is 2. The largest absolute Gasteiger partial charge is 0.493 e. The summed E-state index contributed by atoms with van der Waals surface area (Å²) in [7, 11) is 3.11. The van der Waals surface area contributed by atoms with Gasteiger partial charge < -0.3 is 9.47 Å².